The number of carboxylic acid groups (broad SMARTS) is 2. The Bertz CT molecular complexity index is 1440. The van der Waals surface area contributed by atoms with Crippen LogP contribution in [0.3, 0.4) is 0 Å². The largest absolute Gasteiger partial charge is 0.481 e. The molecule has 0 aliphatic carbocycles. The highest BCUT2D eigenvalue weighted by atomic mass is 16.4. The van der Waals surface area contributed by atoms with Crippen molar-refractivity contribution in [3.8, 4) is 0 Å². The first kappa shape index (κ1) is 51.2. The number of hydrogen-bond donors (Lipinski definition) is 8. The molecule has 0 spiro atoms. The quantitative estimate of drug-likeness (QED) is 0.0364. The third-order valence-corrected chi connectivity index (χ3v) is 9.57. The Morgan fingerprint density at radius 1 is 0.759 bits per heavy atom. The van der Waals surface area contributed by atoms with Gasteiger partial charge in [-0.15, -0.1) is 0 Å². The molecule has 0 saturated heterocycles. The minimum atomic E-state index is -1.42. The first-order chi connectivity index (χ1) is 27.5. The Balaban J connectivity index is 2.53. The molecule has 2 atom stereocenters. The minimum absolute atomic E-state index is 0.0277. The zero-order valence-corrected chi connectivity index (χ0v) is 34.3. The molecule has 1 rings (SSSR count). The zero-order valence-electron chi connectivity index (χ0n) is 34.3. The van der Waals surface area contributed by atoms with Crippen LogP contribution in [-0.2, 0) is 44.8 Å². The number of nitrogens with zero attached hydrogens (tertiary/aromatic N) is 2. The van der Waals surface area contributed by atoms with Crippen LogP contribution in [-0.4, -0.2) is 124 Å². The van der Waals surface area contributed by atoms with Crippen molar-refractivity contribution in [3.05, 3.63) is 18.2 Å². The van der Waals surface area contributed by atoms with Gasteiger partial charge in [0.05, 0.1) is 30.6 Å². The van der Waals surface area contributed by atoms with Gasteiger partial charge in [0.25, 0.3) is 0 Å². The number of rotatable bonds is 34. The van der Waals surface area contributed by atoms with Gasteiger partial charge in [-0.1, -0.05) is 77.0 Å². The van der Waals surface area contributed by atoms with Crippen LogP contribution in [0.5, 0.6) is 0 Å². The summed E-state index contributed by atoms with van der Waals surface area (Å²) in [6.07, 6.45) is 17.3. The molecule has 18 nitrogen and oxygen atoms in total. The smallest absolute Gasteiger partial charge is 0.303 e. The first-order valence-corrected chi connectivity index (χ1v) is 20.4. The molecule has 1 aromatic rings. The average molecular weight is 817 g/mol. The lowest BCUT2D eigenvalue weighted by atomic mass is 9.84. The van der Waals surface area contributed by atoms with E-state index in [-0.39, 0.29) is 51.1 Å². The van der Waals surface area contributed by atoms with Crippen LogP contribution in [0.4, 0.5) is 0 Å². The summed E-state index contributed by atoms with van der Waals surface area (Å²) in [4.78, 5) is 106. The summed E-state index contributed by atoms with van der Waals surface area (Å²) in [6.45, 7) is 1.51. The molecule has 1 aromatic heterocycles. The monoisotopic (exact) mass is 816 g/mol. The molecule has 0 aliphatic rings. The normalized spacial score (nSPS) is 12.2. The molecule has 324 valence electrons. The van der Waals surface area contributed by atoms with Crippen molar-refractivity contribution >= 4 is 55.0 Å². The second-order valence-corrected chi connectivity index (χ2v) is 15.1. The summed E-state index contributed by atoms with van der Waals surface area (Å²) in [7, 11) is 5.38. The van der Waals surface area contributed by atoms with Gasteiger partial charge in [-0.3, -0.25) is 33.6 Å². The van der Waals surface area contributed by atoms with Gasteiger partial charge in [0.1, 0.15) is 12.1 Å². The standard InChI is InChI=1S/C39H65BN8O10/c1-39(2,38(40)58)47-37(57)30(23-28-25-42-27-44-28)46-32(50)26-48(33(51)24-41)22-21-43-36(56)29(19-20-35(54)55)45-31(49)17-15-13-11-9-7-5-3-4-6-8-10-12-14-16-18-34(52)53/h25,27,29-30H,3-24,26,41H2,1-2H3,(H,42,44)(H,43,56)(H,45,49)(H,46,50)(H,47,57)(H,52,53)(H,54,55)/t29-,30-/m0/s1. The Hall–Kier alpha value is -4.81. The third-order valence-electron chi connectivity index (χ3n) is 9.57. The van der Waals surface area contributed by atoms with E-state index in [1.807, 2.05) is 0 Å². The Kier molecular flexibility index (Phi) is 26.0. The summed E-state index contributed by atoms with van der Waals surface area (Å²) in [6, 6.07) is -2.32. The second kappa shape index (κ2) is 29.4. The summed E-state index contributed by atoms with van der Waals surface area (Å²) in [5.41, 5.74) is 3.85. The van der Waals surface area contributed by atoms with Crippen molar-refractivity contribution in [1.29, 1.82) is 0 Å². The predicted octanol–water partition coefficient (Wildman–Crippen LogP) is 1.61. The van der Waals surface area contributed by atoms with E-state index in [0.29, 0.717) is 12.1 Å². The number of amides is 5. The lowest BCUT2D eigenvalue weighted by Crippen LogP contribution is -2.58. The highest BCUT2D eigenvalue weighted by Gasteiger charge is 2.31. The molecular weight excluding hydrogens is 751 g/mol. The zero-order chi connectivity index (χ0) is 43.3. The number of carboxylic acids is 2. The molecule has 0 saturated carbocycles. The first-order valence-electron chi connectivity index (χ1n) is 20.4. The molecule has 0 fully saturated rings. The lowest BCUT2D eigenvalue weighted by Gasteiger charge is -2.28. The van der Waals surface area contributed by atoms with Crippen molar-refractivity contribution in [3.63, 3.8) is 0 Å². The van der Waals surface area contributed by atoms with E-state index in [4.69, 9.17) is 18.7 Å². The number of H-pyrrole nitrogens is 1. The molecule has 1 heterocycles. The van der Waals surface area contributed by atoms with Gasteiger partial charge in [0, 0.05) is 50.7 Å². The van der Waals surface area contributed by atoms with Crippen molar-refractivity contribution in [2.24, 2.45) is 5.73 Å². The maximum atomic E-state index is 13.1. The van der Waals surface area contributed by atoms with E-state index >= 15 is 0 Å². The number of imidazole rings is 1. The lowest BCUT2D eigenvalue weighted by molar-refractivity contribution is -0.138. The summed E-state index contributed by atoms with van der Waals surface area (Å²) in [5, 5.41) is 28.2. The minimum Gasteiger partial charge on any atom is -0.481 e. The van der Waals surface area contributed by atoms with Crippen LogP contribution in [0.25, 0.3) is 0 Å². The van der Waals surface area contributed by atoms with E-state index in [1.54, 1.807) is 0 Å². The fourth-order valence-electron chi connectivity index (χ4n) is 6.04. The topological polar surface area (TPSA) is 283 Å². The van der Waals surface area contributed by atoms with Crippen LogP contribution in [0, 0.1) is 0 Å². The van der Waals surface area contributed by atoms with Gasteiger partial charge in [-0.2, -0.15) is 0 Å². The van der Waals surface area contributed by atoms with Crippen molar-refractivity contribution in [2.75, 3.05) is 26.2 Å². The molecule has 58 heavy (non-hydrogen) atoms. The molecule has 0 aromatic carbocycles. The van der Waals surface area contributed by atoms with E-state index in [1.165, 1.54) is 52.1 Å². The number of nitrogens with one attached hydrogen (secondary N) is 5. The fraction of sp³-hybridized carbons (Fsp3) is 0.718. The number of aromatic amines is 1. The van der Waals surface area contributed by atoms with E-state index in [2.05, 4.69) is 31.2 Å². The van der Waals surface area contributed by atoms with E-state index in [9.17, 15) is 43.5 Å². The number of carbonyl (C=O) groups excluding carboxylic acids is 6. The molecule has 0 aliphatic heterocycles. The fourth-order valence-corrected chi connectivity index (χ4v) is 6.04. The molecule has 5 amide bonds. The summed E-state index contributed by atoms with van der Waals surface area (Å²) < 4.78 is 0. The molecule has 0 bridgehead atoms. The number of nitrogens with two attached hydrogens (primary N) is 1. The number of hydrogen-bond acceptors (Lipinski definition) is 10. The van der Waals surface area contributed by atoms with Crippen molar-refractivity contribution in [1.82, 2.24) is 36.1 Å². The number of aromatic nitrogens is 2. The van der Waals surface area contributed by atoms with Crippen molar-refractivity contribution in [2.45, 2.75) is 153 Å². The van der Waals surface area contributed by atoms with Gasteiger partial charge in [-0.25, -0.2) is 4.98 Å². The van der Waals surface area contributed by atoms with Gasteiger partial charge >= 0.3 is 11.9 Å². The number of unbranched alkanes of at least 4 members (excludes halogenated alkanes) is 13. The summed E-state index contributed by atoms with van der Waals surface area (Å²) in [5.74, 6) is -4.96. The second-order valence-electron chi connectivity index (χ2n) is 15.1. The van der Waals surface area contributed by atoms with Gasteiger partial charge in [0.2, 0.25) is 29.5 Å². The molecule has 9 N–H and O–H groups in total. The maximum absolute atomic E-state index is 13.1. The highest BCUT2D eigenvalue weighted by molar-refractivity contribution is 6.60. The third kappa shape index (κ3) is 24.1. The van der Waals surface area contributed by atoms with E-state index < -0.39 is 72.0 Å². The molecule has 2 radical (unpaired) electrons. The number of aliphatic carboxylic acids is 2. The SMILES string of the molecule is [B]C(=O)C(C)(C)NC(=O)[C@H](Cc1cnc[nH]1)NC(=O)CN(CCNC(=O)[C@H](CCC(=O)O)NC(=O)CCCCCCCCCCCCCCCCC(=O)O)C(=O)CN. The van der Waals surface area contributed by atoms with Crippen LogP contribution in [0.1, 0.15) is 135 Å². The Labute approximate surface area is 342 Å². The highest BCUT2D eigenvalue weighted by Crippen LogP contribution is 2.14. The van der Waals surface area contributed by atoms with Crippen LogP contribution in [0.2, 0.25) is 0 Å². The summed E-state index contributed by atoms with van der Waals surface area (Å²) >= 11 is 0. The maximum Gasteiger partial charge on any atom is 0.303 e. The number of carbonyl (C=O) groups is 8. The van der Waals surface area contributed by atoms with E-state index in [0.717, 1.165) is 62.7 Å². The van der Waals surface area contributed by atoms with Crippen LogP contribution < -0.4 is 27.0 Å². The van der Waals surface area contributed by atoms with Gasteiger partial charge in [-0.05, 0) is 33.1 Å². The van der Waals surface area contributed by atoms with Crippen LogP contribution >= 0.6 is 0 Å². The average Bonchev–Trinajstić information content (AvgIpc) is 3.68. The van der Waals surface area contributed by atoms with Crippen LogP contribution in [0.15, 0.2) is 12.5 Å². The molecular formula is C39H65BN8O10. The van der Waals surface area contributed by atoms with Crippen molar-refractivity contribution < 1.29 is 48.6 Å². The van der Waals surface area contributed by atoms with Gasteiger partial charge in [0.15, 0.2) is 7.85 Å². The molecule has 19 heteroatoms. The predicted molar refractivity (Wildman–Crippen MR) is 216 cm³/mol. The Morgan fingerprint density at radius 3 is 1.76 bits per heavy atom. The molecule has 0 unspecified atom stereocenters. The van der Waals surface area contributed by atoms with Gasteiger partial charge < -0.3 is 51.9 Å². The Morgan fingerprint density at radius 2 is 1.28 bits per heavy atom.